The first-order chi connectivity index (χ1) is 13.5. The van der Waals surface area contributed by atoms with Gasteiger partial charge in [-0.15, -0.1) is 10.2 Å². The fourth-order valence-electron chi connectivity index (χ4n) is 2.54. The summed E-state index contributed by atoms with van der Waals surface area (Å²) in [5, 5.41) is 11.8. The van der Waals surface area contributed by atoms with E-state index in [9.17, 15) is 4.79 Å². The molecule has 1 aromatic heterocycles. The molecule has 1 heterocycles. The molecule has 0 radical (unpaired) electrons. The van der Waals surface area contributed by atoms with Crippen molar-refractivity contribution in [1.82, 2.24) is 14.8 Å². The summed E-state index contributed by atoms with van der Waals surface area (Å²) in [6.07, 6.45) is 0. The first kappa shape index (κ1) is 19.8. The van der Waals surface area contributed by atoms with Gasteiger partial charge in [0.2, 0.25) is 5.82 Å². The zero-order chi connectivity index (χ0) is 20.1. The number of hydrogen-bond acceptors (Lipinski definition) is 7. The quantitative estimate of drug-likeness (QED) is 0.610. The maximum Gasteiger partial charge on any atom is 0.297 e. The van der Waals surface area contributed by atoms with Crippen molar-refractivity contribution < 1.29 is 9.47 Å². The van der Waals surface area contributed by atoms with E-state index in [4.69, 9.17) is 9.47 Å². The third kappa shape index (κ3) is 4.45. The van der Waals surface area contributed by atoms with Gasteiger partial charge in [0.15, 0.2) is 16.7 Å². The van der Waals surface area contributed by atoms with Gasteiger partial charge in [-0.05, 0) is 36.8 Å². The first-order valence-electron chi connectivity index (χ1n) is 8.63. The minimum atomic E-state index is -0.231. The number of rotatable bonds is 7. The number of anilines is 2. The first-order valence-corrected chi connectivity index (χ1v) is 9.61. The molecule has 7 nitrogen and oxygen atoms in total. The number of benzene rings is 2. The smallest absolute Gasteiger partial charge is 0.297 e. The fourth-order valence-corrected chi connectivity index (χ4v) is 3.39. The number of nitrogens with one attached hydrogen (secondary N) is 1. The van der Waals surface area contributed by atoms with Gasteiger partial charge in [0.25, 0.3) is 5.56 Å². The van der Waals surface area contributed by atoms with Crippen LogP contribution in [0.15, 0.2) is 52.4 Å². The van der Waals surface area contributed by atoms with Crippen molar-refractivity contribution in [3.63, 3.8) is 0 Å². The molecule has 2 aromatic carbocycles. The van der Waals surface area contributed by atoms with E-state index in [2.05, 4.69) is 15.5 Å². The number of thioether (sulfide) groups is 1. The van der Waals surface area contributed by atoms with Crippen molar-refractivity contribution in [2.24, 2.45) is 7.05 Å². The van der Waals surface area contributed by atoms with Crippen LogP contribution in [0.5, 0.6) is 11.5 Å². The molecule has 0 aliphatic rings. The zero-order valence-electron chi connectivity index (χ0n) is 16.2. The second-order valence-corrected chi connectivity index (χ2v) is 7.11. The van der Waals surface area contributed by atoms with Gasteiger partial charge in [-0.1, -0.05) is 35.5 Å². The fraction of sp³-hybridized carbons (Fsp3) is 0.250. The molecule has 0 atom stereocenters. The average molecular weight is 398 g/mol. The molecule has 0 bridgehead atoms. The second-order valence-electron chi connectivity index (χ2n) is 6.16. The van der Waals surface area contributed by atoms with Crippen LogP contribution in [0.2, 0.25) is 0 Å². The van der Waals surface area contributed by atoms with E-state index in [1.807, 2.05) is 49.4 Å². The summed E-state index contributed by atoms with van der Waals surface area (Å²) in [5.41, 5.74) is 2.73. The van der Waals surface area contributed by atoms with E-state index in [-0.39, 0.29) is 11.4 Å². The number of hydrogen-bond donors (Lipinski definition) is 1. The van der Waals surface area contributed by atoms with Crippen molar-refractivity contribution in [2.45, 2.75) is 17.8 Å². The zero-order valence-corrected chi connectivity index (χ0v) is 17.0. The van der Waals surface area contributed by atoms with Crippen molar-refractivity contribution in [1.29, 1.82) is 0 Å². The summed E-state index contributed by atoms with van der Waals surface area (Å²) >= 11 is 1.43. The Morgan fingerprint density at radius 3 is 2.43 bits per heavy atom. The van der Waals surface area contributed by atoms with Gasteiger partial charge in [-0.25, -0.2) is 0 Å². The van der Waals surface area contributed by atoms with Gasteiger partial charge in [0.05, 0.1) is 14.2 Å². The molecular formula is C20H22N4O3S. The Morgan fingerprint density at radius 2 is 1.75 bits per heavy atom. The van der Waals surface area contributed by atoms with E-state index in [1.165, 1.54) is 16.3 Å². The lowest BCUT2D eigenvalue weighted by molar-refractivity contribution is 0.354. The minimum Gasteiger partial charge on any atom is -0.493 e. The summed E-state index contributed by atoms with van der Waals surface area (Å²) in [6, 6.07) is 13.4. The van der Waals surface area contributed by atoms with Crippen LogP contribution in [-0.2, 0) is 12.8 Å². The topological polar surface area (TPSA) is 78.3 Å². The highest BCUT2D eigenvalue weighted by Gasteiger charge is 2.11. The van der Waals surface area contributed by atoms with Crippen LogP contribution in [0.25, 0.3) is 0 Å². The van der Waals surface area contributed by atoms with E-state index in [0.29, 0.717) is 22.4 Å². The van der Waals surface area contributed by atoms with Crippen LogP contribution < -0.4 is 20.3 Å². The molecule has 8 heteroatoms. The van der Waals surface area contributed by atoms with E-state index in [0.717, 1.165) is 16.8 Å². The van der Waals surface area contributed by atoms with E-state index in [1.54, 1.807) is 21.3 Å². The summed E-state index contributed by atoms with van der Waals surface area (Å²) in [6.45, 7) is 2.01. The molecule has 3 rings (SSSR count). The molecule has 28 heavy (non-hydrogen) atoms. The van der Waals surface area contributed by atoms with Gasteiger partial charge in [-0.3, -0.25) is 9.36 Å². The second kappa shape index (κ2) is 8.79. The van der Waals surface area contributed by atoms with Crippen LogP contribution in [0.1, 0.15) is 11.1 Å². The SMILES string of the molecule is COc1ccc(CSc2nnc(Nc3ccc(C)cc3)c(=O)n2C)cc1OC. The Hall–Kier alpha value is -3.00. The predicted octanol–water partition coefficient (Wildman–Crippen LogP) is 3.54. The maximum absolute atomic E-state index is 12.6. The van der Waals surface area contributed by atoms with Gasteiger partial charge < -0.3 is 14.8 Å². The monoisotopic (exact) mass is 398 g/mol. The van der Waals surface area contributed by atoms with Crippen LogP contribution in [-0.4, -0.2) is 29.0 Å². The Bertz CT molecular complexity index is 1020. The number of aryl methyl sites for hydroxylation is 1. The summed E-state index contributed by atoms with van der Waals surface area (Å²) < 4.78 is 12.1. The standard InChI is InChI=1S/C20H22N4O3S/c1-13-5-8-15(9-6-13)21-18-19(25)24(2)20(23-22-18)28-12-14-7-10-16(26-3)17(11-14)27-4/h5-11H,12H2,1-4H3,(H,21,22). The van der Waals surface area contributed by atoms with E-state index < -0.39 is 0 Å². The highest BCUT2D eigenvalue weighted by Crippen LogP contribution is 2.30. The predicted molar refractivity (Wildman–Crippen MR) is 111 cm³/mol. The molecule has 0 fully saturated rings. The maximum atomic E-state index is 12.6. The lowest BCUT2D eigenvalue weighted by Gasteiger charge is -2.11. The van der Waals surface area contributed by atoms with Crippen molar-refractivity contribution in [2.75, 3.05) is 19.5 Å². The molecule has 0 saturated heterocycles. The largest absolute Gasteiger partial charge is 0.493 e. The molecular weight excluding hydrogens is 376 g/mol. The lowest BCUT2D eigenvalue weighted by Crippen LogP contribution is -2.24. The average Bonchev–Trinajstić information content (AvgIpc) is 2.72. The molecule has 0 amide bonds. The molecule has 3 aromatic rings. The van der Waals surface area contributed by atoms with Gasteiger partial charge >= 0.3 is 0 Å². The third-order valence-corrected chi connectivity index (χ3v) is 5.25. The molecule has 0 aliphatic carbocycles. The Morgan fingerprint density at radius 1 is 1.04 bits per heavy atom. The van der Waals surface area contributed by atoms with Crippen molar-refractivity contribution >= 4 is 23.3 Å². The van der Waals surface area contributed by atoms with Crippen molar-refractivity contribution in [3.05, 3.63) is 63.9 Å². The Kier molecular flexibility index (Phi) is 6.20. The van der Waals surface area contributed by atoms with E-state index >= 15 is 0 Å². The van der Waals surface area contributed by atoms with Gasteiger partial charge in [0.1, 0.15) is 0 Å². The third-order valence-electron chi connectivity index (χ3n) is 4.16. The molecule has 0 spiro atoms. The van der Waals surface area contributed by atoms with Gasteiger partial charge in [0, 0.05) is 18.5 Å². The highest BCUT2D eigenvalue weighted by atomic mass is 32.2. The molecule has 0 aliphatic heterocycles. The van der Waals surface area contributed by atoms with Crippen LogP contribution in [0, 0.1) is 6.92 Å². The summed E-state index contributed by atoms with van der Waals surface area (Å²) in [7, 11) is 4.89. The number of nitrogens with zero attached hydrogens (tertiary/aromatic N) is 3. The Labute approximate surface area is 167 Å². The lowest BCUT2D eigenvalue weighted by atomic mass is 10.2. The Balaban J connectivity index is 1.74. The summed E-state index contributed by atoms with van der Waals surface area (Å²) in [5.74, 6) is 2.16. The van der Waals surface area contributed by atoms with Crippen LogP contribution in [0.4, 0.5) is 11.5 Å². The number of ether oxygens (including phenoxy) is 2. The number of methoxy groups -OCH3 is 2. The van der Waals surface area contributed by atoms with Crippen LogP contribution >= 0.6 is 11.8 Å². The normalized spacial score (nSPS) is 10.6. The highest BCUT2D eigenvalue weighted by molar-refractivity contribution is 7.98. The summed E-state index contributed by atoms with van der Waals surface area (Å²) in [4.78, 5) is 12.6. The molecule has 0 saturated carbocycles. The minimum absolute atomic E-state index is 0.196. The van der Waals surface area contributed by atoms with Crippen molar-refractivity contribution in [3.8, 4) is 11.5 Å². The molecule has 146 valence electrons. The number of aromatic nitrogens is 3. The molecule has 1 N–H and O–H groups in total. The van der Waals surface area contributed by atoms with Crippen LogP contribution in [0.3, 0.4) is 0 Å². The van der Waals surface area contributed by atoms with Gasteiger partial charge in [-0.2, -0.15) is 0 Å². The molecule has 0 unspecified atom stereocenters.